The van der Waals surface area contributed by atoms with Crippen LogP contribution in [0.15, 0.2) is 12.7 Å². The second kappa shape index (κ2) is 9.48. The Hall–Kier alpha value is -0.550. The Balaban J connectivity index is 3.28. The summed E-state index contributed by atoms with van der Waals surface area (Å²) in [5, 5.41) is 9.45. The highest BCUT2D eigenvalue weighted by molar-refractivity contribution is 4.66. The molecule has 0 fully saturated rings. The second-order valence-electron chi connectivity index (χ2n) is 4.04. The molecule has 0 aromatic heterocycles. The van der Waals surface area contributed by atoms with E-state index in [-0.39, 0.29) is 13.0 Å². The van der Waals surface area contributed by atoms with Gasteiger partial charge >= 0.3 is 6.18 Å². The Morgan fingerprint density at radius 2 is 1.88 bits per heavy atom. The number of unbranched alkanes of at least 4 members (excludes halogenated alkanes) is 3. The number of aliphatic hydroxyl groups is 1. The minimum atomic E-state index is -4.28. The first kappa shape index (κ1) is 16.4. The lowest BCUT2D eigenvalue weighted by Gasteiger charge is -2.11. The molecule has 0 aliphatic carbocycles. The minimum absolute atomic E-state index is 0.0483. The zero-order valence-electron chi connectivity index (χ0n) is 10.0. The topological polar surface area (TPSA) is 29.5 Å². The molecular formula is C12H21F3O2. The van der Waals surface area contributed by atoms with Crippen molar-refractivity contribution in [3.8, 4) is 0 Å². The summed E-state index contributed by atoms with van der Waals surface area (Å²) in [6.07, 6.45) is 1.78. The predicted molar refractivity (Wildman–Crippen MR) is 60.8 cm³/mol. The number of halogens is 3. The van der Waals surface area contributed by atoms with Crippen LogP contribution in [-0.4, -0.2) is 30.6 Å². The Morgan fingerprint density at radius 3 is 2.47 bits per heavy atom. The van der Waals surface area contributed by atoms with Crippen LogP contribution in [-0.2, 0) is 4.74 Å². The molecule has 0 aliphatic heterocycles. The average molecular weight is 254 g/mol. The maximum atomic E-state index is 11.7. The summed E-state index contributed by atoms with van der Waals surface area (Å²) >= 11 is 0. The number of ether oxygens (including phenoxy) is 1. The van der Waals surface area contributed by atoms with Crippen LogP contribution < -0.4 is 0 Å². The molecule has 5 heteroatoms. The summed E-state index contributed by atoms with van der Waals surface area (Å²) in [6, 6.07) is 0. The molecule has 0 aromatic rings. The molecule has 0 rings (SSSR count). The van der Waals surface area contributed by atoms with E-state index >= 15 is 0 Å². The first-order chi connectivity index (χ1) is 7.95. The van der Waals surface area contributed by atoms with E-state index in [1.807, 2.05) is 6.08 Å². The molecule has 0 saturated heterocycles. The smallest absolute Gasteiger partial charge is 0.393 e. The highest BCUT2D eigenvalue weighted by Gasteiger charge is 2.27. The van der Waals surface area contributed by atoms with Crippen LogP contribution in [0.4, 0.5) is 13.2 Å². The van der Waals surface area contributed by atoms with Gasteiger partial charge in [-0.3, -0.25) is 0 Å². The summed E-state index contributed by atoms with van der Waals surface area (Å²) in [7, 11) is 0. The van der Waals surface area contributed by atoms with E-state index in [1.165, 1.54) is 0 Å². The quantitative estimate of drug-likeness (QED) is 0.478. The van der Waals surface area contributed by atoms with Gasteiger partial charge in [0.1, 0.15) is 6.61 Å². The average Bonchev–Trinajstić information content (AvgIpc) is 2.23. The van der Waals surface area contributed by atoms with Crippen LogP contribution >= 0.6 is 0 Å². The molecule has 17 heavy (non-hydrogen) atoms. The molecule has 1 atom stereocenters. The third-order valence-electron chi connectivity index (χ3n) is 2.31. The lowest BCUT2D eigenvalue weighted by Crippen LogP contribution is -2.19. The van der Waals surface area contributed by atoms with Crippen LogP contribution in [0.3, 0.4) is 0 Å². The van der Waals surface area contributed by atoms with Crippen molar-refractivity contribution >= 4 is 0 Å². The van der Waals surface area contributed by atoms with E-state index in [9.17, 15) is 18.3 Å². The summed E-state index contributed by atoms with van der Waals surface area (Å²) in [6.45, 7) is 2.32. The van der Waals surface area contributed by atoms with Gasteiger partial charge in [0, 0.05) is 6.61 Å². The highest BCUT2D eigenvalue weighted by Crippen LogP contribution is 2.15. The van der Waals surface area contributed by atoms with Crippen LogP contribution in [0.2, 0.25) is 0 Å². The van der Waals surface area contributed by atoms with Gasteiger partial charge < -0.3 is 9.84 Å². The lowest BCUT2D eigenvalue weighted by atomic mass is 10.1. The molecule has 0 aromatic carbocycles. The fraction of sp³-hybridized carbons (Fsp3) is 0.833. The molecule has 1 unspecified atom stereocenters. The summed E-state index contributed by atoms with van der Waals surface area (Å²) in [5.41, 5.74) is 0. The van der Waals surface area contributed by atoms with Crippen molar-refractivity contribution in [3.05, 3.63) is 12.7 Å². The number of hydrogen-bond acceptors (Lipinski definition) is 2. The summed E-state index contributed by atoms with van der Waals surface area (Å²) in [4.78, 5) is 0. The standard InChI is InChI=1S/C12H21F3O2/c1-2-3-4-5-6-7-11(16)8-9-17-10-12(13,14)15/h2,11,16H,1,3-10H2. The zero-order chi connectivity index (χ0) is 13.1. The van der Waals surface area contributed by atoms with Crippen molar-refractivity contribution in [3.63, 3.8) is 0 Å². The maximum Gasteiger partial charge on any atom is 0.411 e. The molecule has 0 amide bonds. The van der Waals surface area contributed by atoms with Gasteiger partial charge in [-0.05, 0) is 25.7 Å². The SMILES string of the molecule is C=CCCCCCC(O)CCOCC(F)(F)F. The van der Waals surface area contributed by atoms with Crippen molar-refractivity contribution < 1.29 is 23.0 Å². The van der Waals surface area contributed by atoms with Crippen molar-refractivity contribution in [2.45, 2.75) is 50.8 Å². The number of aliphatic hydroxyl groups excluding tert-OH is 1. The predicted octanol–water partition coefficient (Wildman–Crippen LogP) is 3.45. The van der Waals surface area contributed by atoms with Crippen LogP contribution in [0, 0.1) is 0 Å². The van der Waals surface area contributed by atoms with Crippen molar-refractivity contribution in [1.29, 1.82) is 0 Å². The third kappa shape index (κ3) is 13.4. The van der Waals surface area contributed by atoms with Crippen molar-refractivity contribution in [1.82, 2.24) is 0 Å². The molecule has 0 spiro atoms. The van der Waals surface area contributed by atoms with Gasteiger partial charge in [-0.25, -0.2) is 0 Å². The van der Waals surface area contributed by atoms with Crippen LogP contribution in [0.5, 0.6) is 0 Å². The zero-order valence-corrected chi connectivity index (χ0v) is 10.0. The van der Waals surface area contributed by atoms with Gasteiger partial charge in [-0.15, -0.1) is 6.58 Å². The largest absolute Gasteiger partial charge is 0.411 e. The fourth-order valence-electron chi connectivity index (χ4n) is 1.40. The van der Waals surface area contributed by atoms with E-state index in [0.29, 0.717) is 6.42 Å². The molecule has 0 radical (unpaired) electrons. The van der Waals surface area contributed by atoms with E-state index < -0.39 is 18.9 Å². The van der Waals surface area contributed by atoms with Gasteiger partial charge in [-0.2, -0.15) is 13.2 Å². The van der Waals surface area contributed by atoms with Crippen LogP contribution in [0.25, 0.3) is 0 Å². The minimum Gasteiger partial charge on any atom is -0.393 e. The number of alkyl halides is 3. The molecule has 2 nitrogen and oxygen atoms in total. The molecule has 0 heterocycles. The number of hydrogen-bond donors (Lipinski definition) is 1. The molecule has 0 bridgehead atoms. The summed E-state index contributed by atoms with van der Waals surface area (Å²) in [5.74, 6) is 0. The monoisotopic (exact) mass is 254 g/mol. The second-order valence-corrected chi connectivity index (χ2v) is 4.04. The molecule has 1 N–H and O–H groups in total. The molecule has 0 aliphatic rings. The van der Waals surface area contributed by atoms with Gasteiger partial charge in [0.2, 0.25) is 0 Å². The summed E-state index contributed by atoms with van der Waals surface area (Å²) < 4.78 is 39.5. The van der Waals surface area contributed by atoms with Crippen LogP contribution in [0.1, 0.15) is 38.5 Å². The van der Waals surface area contributed by atoms with Gasteiger partial charge in [0.05, 0.1) is 6.10 Å². The van der Waals surface area contributed by atoms with E-state index in [2.05, 4.69) is 11.3 Å². The van der Waals surface area contributed by atoms with Gasteiger partial charge in [0.25, 0.3) is 0 Å². The number of rotatable bonds is 10. The third-order valence-corrected chi connectivity index (χ3v) is 2.31. The molecular weight excluding hydrogens is 233 g/mol. The molecule has 102 valence electrons. The van der Waals surface area contributed by atoms with E-state index in [1.54, 1.807) is 0 Å². The fourth-order valence-corrected chi connectivity index (χ4v) is 1.40. The highest BCUT2D eigenvalue weighted by atomic mass is 19.4. The number of allylic oxidation sites excluding steroid dienone is 1. The maximum absolute atomic E-state index is 11.7. The molecule has 0 saturated carbocycles. The van der Waals surface area contributed by atoms with Crippen molar-refractivity contribution in [2.75, 3.05) is 13.2 Å². The lowest BCUT2D eigenvalue weighted by molar-refractivity contribution is -0.175. The van der Waals surface area contributed by atoms with E-state index in [0.717, 1.165) is 25.7 Å². The van der Waals surface area contributed by atoms with Gasteiger partial charge in [-0.1, -0.05) is 18.9 Å². The Kier molecular flexibility index (Phi) is 9.17. The van der Waals surface area contributed by atoms with E-state index in [4.69, 9.17) is 0 Å². The Morgan fingerprint density at radius 1 is 1.18 bits per heavy atom. The first-order valence-electron chi connectivity index (χ1n) is 5.89. The van der Waals surface area contributed by atoms with Gasteiger partial charge in [0.15, 0.2) is 0 Å². The first-order valence-corrected chi connectivity index (χ1v) is 5.89. The normalized spacial score (nSPS) is 13.6. The Bertz CT molecular complexity index is 193. The van der Waals surface area contributed by atoms with Crippen molar-refractivity contribution in [2.24, 2.45) is 0 Å². The Labute approximate surface area is 100 Å².